The molecule has 0 saturated carbocycles. The fourth-order valence-electron chi connectivity index (χ4n) is 1.02. The van der Waals surface area contributed by atoms with Crippen LogP contribution in [0, 0.1) is 5.82 Å². The van der Waals surface area contributed by atoms with Crippen LogP contribution in [0.2, 0.25) is 0 Å². The lowest BCUT2D eigenvalue weighted by molar-refractivity contribution is 0.0692. The van der Waals surface area contributed by atoms with Gasteiger partial charge >= 0.3 is 5.97 Å². The molecular weight excluding hydrogens is 239 g/mol. The molecule has 4 heteroatoms. The molecule has 0 radical (unpaired) electrons. The first-order valence-electron chi connectivity index (χ1n) is 3.77. The zero-order valence-electron chi connectivity index (χ0n) is 6.97. The number of aryl methyl sites for hydroxylation is 1. The molecule has 1 N–H and O–H groups in total. The minimum atomic E-state index is -1.25. The Bertz CT molecular complexity index is 350. The van der Waals surface area contributed by atoms with E-state index in [0.717, 1.165) is 5.56 Å². The summed E-state index contributed by atoms with van der Waals surface area (Å²) < 4.78 is 13.7. The van der Waals surface area contributed by atoms with Gasteiger partial charge in [-0.3, -0.25) is 0 Å². The Balaban J connectivity index is 3.28. The highest BCUT2D eigenvalue weighted by atomic mass is 79.9. The van der Waals surface area contributed by atoms with Gasteiger partial charge in [0.25, 0.3) is 0 Å². The van der Waals surface area contributed by atoms with Gasteiger partial charge < -0.3 is 5.11 Å². The molecule has 0 aliphatic rings. The second-order valence-corrected chi connectivity index (χ2v) is 3.44. The van der Waals surface area contributed by atoms with Gasteiger partial charge in [0.2, 0.25) is 0 Å². The van der Waals surface area contributed by atoms with Crippen molar-refractivity contribution < 1.29 is 14.3 Å². The number of aromatic carboxylic acids is 1. The van der Waals surface area contributed by atoms with E-state index in [0.29, 0.717) is 10.9 Å². The van der Waals surface area contributed by atoms with Crippen LogP contribution in [0.1, 0.15) is 22.8 Å². The second-order valence-electron chi connectivity index (χ2n) is 2.58. The standard InChI is InChI=1S/C9H8BrFO2/c1-2-5-3-8(11)6(9(12)13)4-7(5)10/h3-4H,2H2,1H3,(H,12,13). The Morgan fingerprint density at radius 2 is 2.23 bits per heavy atom. The summed E-state index contributed by atoms with van der Waals surface area (Å²) >= 11 is 3.18. The molecule has 0 bridgehead atoms. The van der Waals surface area contributed by atoms with Crippen molar-refractivity contribution in [2.24, 2.45) is 0 Å². The van der Waals surface area contributed by atoms with Crippen LogP contribution in [0.3, 0.4) is 0 Å². The summed E-state index contributed by atoms with van der Waals surface area (Å²) in [6, 6.07) is 2.53. The van der Waals surface area contributed by atoms with Crippen LogP contribution in [-0.2, 0) is 6.42 Å². The quantitative estimate of drug-likeness (QED) is 0.872. The highest BCUT2D eigenvalue weighted by Gasteiger charge is 2.12. The van der Waals surface area contributed by atoms with Crippen LogP contribution in [0.5, 0.6) is 0 Å². The third-order valence-electron chi connectivity index (χ3n) is 1.75. The molecule has 1 aromatic rings. The number of carboxylic acids is 1. The first-order valence-corrected chi connectivity index (χ1v) is 4.56. The molecule has 1 aromatic carbocycles. The van der Waals surface area contributed by atoms with Crippen molar-refractivity contribution in [2.45, 2.75) is 13.3 Å². The molecule has 2 nitrogen and oxygen atoms in total. The van der Waals surface area contributed by atoms with Crippen molar-refractivity contribution >= 4 is 21.9 Å². The maximum atomic E-state index is 13.1. The second kappa shape index (κ2) is 3.87. The van der Waals surface area contributed by atoms with Gasteiger partial charge in [-0.05, 0) is 24.1 Å². The van der Waals surface area contributed by atoms with E-state index in [2.05, 4.69) is 15.9 Å². The van der Waals surface area contributed by atoms with E-state index >= 15 is 0 Å². The first kappa shape index (κ1) is 10.2. The summed E-state index contributed by atoms with van der Waals surface area (Å²) in [5, 5.41) is 8.59. The Hall–Kier alpha value is -0.900. The lowest BCUT2D eigenvalue weighted by atomic mass is 10.1. The van der Waals surface area contributed by atoms with Crippen molar-refractivity contribution in [1.82, 2.24) is 0 Å². The van der Waals surface area contributed by atoms with Crippen molar-refractivity contribution in [1.29, 1.82) is 0 Å². The summed E-state index contributed by atoms with van der Waals surface area (Å²) in [7, 11) is 0. The molecule has 1 rings (SSSR count). The van der Waals surface area contributed by atoms with E-state index in [9.17, 15) is 9.18 Å². The van der Waals surface area contributed by atoms with E-state index in [1.54, 1.807) is 0 Å². The van der Waals surface area contributed by atoms with Crippen molar-refractivity contribution in [3.05, 3.63) is 33.5 Å². The molecule has 0 spiro atoms. The number of benzene rings is 1. The predicted octanol–water partition coefficient (Wildman–Crippen LogP) is 2.85. The molecular formula is C9H8BrFO2. The van der Waals surface area contributed by atoms with Gasteiger partial charge in [0.1, 0.15) is 5.82 Å². The zero-order chi connectivity index (χ0) is 10.0. The van der Waals surface area contributed by atoms with Gasteiger partial charge in [0.15, 0.2) is 0 Å². The SMILES string of the molecule is CCc1cc(F)c(C(=O)O)cc1Br. The lowest BCUT2D eigenvalue weighted by Gasteiger charge is -2.03. The number of hydrogen-bond donors (Lipinski definition) is 1. The molecule has 0 aromatic heterocycles. The van der Waals surface area contributed by atoms with Gasteiger partial charge in [-0.15, -0.1) is 0 Å². The van der Waals surface area contributed by atoms with Gasteiger partial charge in [0, 0.05) is 4.47 Å². The highest BCUT2D eigenvalue weighted by molar-refractivity contribution is 9.10. The summed E-state index contributed by atoms with van der Waals surface area (Å²) in [5.74, 6) is -1.94. The molecule has 0 amide bonds. The minimum Gasteiger partial charge on any atom is -0.478 e. The third-order valence-corrected chi connectivity index (χ3v) is 2.49. The number of carboxylic acid groups (broad SMARTS) is 1. The molecule has 0 aliphatic heterocycles. The molecule has 0 unspecified atom stereocenters. The largest absolute Gasteiger partial charge is 0.478 e. The highest BCUT2D eigenvalue weighted by Crippen LogP contribution is 2.21. The van der Waals surface area contributed by atoms with E-state index in [4.69, 9.17) is 5.11 Å². The number of halogens is 2. The van der Waals surface area contributed by atoms with E-state index in [1.807, 2.05) is 6.92 Å². The van der Waals surface area contributed by atoms with Gasteiger partial charge in [-0.25, -0.2) is 9.18 Å². The molecule has 70 valence electrons. The van der Waals surface area contributed by atoms with Gasteiger partial charge in [0.05, 0.1) is 5.56 Å². The molecule has 0 aliphatic carbocycles. The number of rotatable bonds is 2. The smallest absolute Gasteiger partial charge is 0.338 e. The number of carbonyl (C=O) groups is 1. The maximum Gasteiger partial charge on any atom is 0.338 e. The maximum absolute atomic E-state index is 13.1. The van der Waals surface area contributed by atoms with Crippen LogP contribution in [0.15, 0.2) is 16.6 Å². The Morgan fingerprint density at radius 3 is 2.69 bits per heavy atom. The molecule has 0 fully saturated rings. The summed E-state index contributed by atoms with van der Waals surface area (Å²) in [4.78, 5) is 10.5. The number of hydrogen-bond acceptors (Lipinski definition) is 1. The van der Waals surface area contributed by atoms with E-state index in [-0.39, 0.29) is 5.56 Å². The van der Waals surface area contributed by atoms with Crippen LogP contribution in [0.25, 0.3) is 0 Å². The fourth-order valence-corrected chi connectivity index (χ4v) is 1.65. The first-order chi connectivity index (χ1) is 6.06. The summed E-state index contributed by atoms with van der Waals surface area (Å²) in [6.45, 7) is 1.87. The molecule has 13 heavy (non-hydrogen) atoms. The summed E-state index contributed by atoms with van der Waals surface area (Å²) in [6.07, 6.45) is 0.664. The minimum absolute atomic E-state index is 0.302. The average molecular weight is 247 g/mol. The predicted molar refractivity (Wildman–Crippen MR) is 50.4 cm³/mol. The normalized spacial score (nSPS) is 10.1. The van der Waals surface area contributed by atoms with E-state index in [1.165, 1.54) is 12.1 Å². The topological polar surface area (TPSA) is 37.3 Å². The average Bonchev–Trinajstić information content (AvgIpc) is 2.07. The monoisotopic (exact) mass is 246 g/mol. The fraction of sp³-hybridized carbons (Fsp3) is 0.222. The van der Waals surface area contributed by atoms with Crippen molar-refractivity contribution in [2.75, 3.05) is 0 Å². The zero-order valence-corrected chi connectivity index (χ0v) is 8.56. The molecule has 0 atom stereocenters. The van der Waals surface area contributed by atoms with Gasteiger partial charge in [-0.2, -0.15) is 0 Å². The van der Waals surface area contributed by atoms with E-state index < -0.39 is 11.8 Å². The van der Waals surface area contributed by atoms with Crippen LogP contribution < -0.4 is 0 Å². The Kier molecular flexibility index (Phi) is 3.03. The molecule has 0 saturated heterocycles. The van der Waals surface area contributed by atoms with Crippen LogP contribution >= 0.6 is 15.9 Å². The van der Waals surface area contributed by atoms with Gasteiger partial charge in [-0.1, -0.05) is 22.9 Å². The van der Waals surface area contributed by atoms with Crippen LogP contribution in [0.4, 0.5) is 4.39 Å². The summed E-state index contributed by atoms with van der Waals surface area (Å²) in [5.41, 5.74) is 0.464. The Labute approximate surface area is 83.5 Å². The Morgan fingerprint density at radius 1 is 1.62 bits per heavy atom. The van der Waals surface area contributed by atoms with Crippen molar-refractivity contribution in [3.63, 3.8) is 0 Å². The lowest BCUT2D eigenvalue weighted by Crippen LogP contribution is -2.01. The third kappa shape index (κ3) is 2.06. The van der Waals surface area contributed by atoms with Crippen molar-refractivity contribution in [3.8, 4) is 0 Å². The molecule has 0 heterocycles. The van der Waals surface area contributed by atoms with Crippen LogP contribution in [-0.4, -0.2) is 11.1 Å².